The highest BCUT2D eigenvalue weighted by molar-refractivity contribution is 6.33. The van der Waals surface area contributed by atoms with Gasteiger partial charge in [0.05, 0.1) is 10.7 Å². The Labute approximate surface area is 130 Å². The monoisotopic (exact) mass is 308 g/mol. The van der Waals surface area contributed by atoms with Gasteiger partial charge in [-0.2, -0.15) is 0 Å². The summed E-state index contributed by atoms with van der Waals surface area (Å²) in [5.74, 6) is -0.250. The van der Waals surface area contributed by atoms with Crippen molar-refractivity contribution in [2.75, 3.05) is 11.9 Å². The molecule has 0 spiro atoms. The molecule has 0 saturated heterocycles. The van der Waals surface area contributed by atoms with Crippen LogP contribution in [0.15, 0.2) is 24.3 Å². The van der Waals surface area contributed by atoms with Crippen LogP contribution in [0.2, 0.25) is 5.02 Å². The van der Waals surface area contributed by atoms with Gasteiger partial charge in [0, 0.05) is 13.0 Å². The van der Waals surface area contributed by atoms with E-state index in [1.807, 2.05) is 12.1 Å². The van der Waals surface area contributed by atoms with Gasteiger partial charge < -0.3 is 10.2 Å². The van der Waals surface area contributed by atoms with Crippen LogP contribution in [-0.4, -0.2) is 29.3 Å². The second-order valence-electron chi connectivity index (χ2n) is 5.47. The Hall–Kier alpha value is -1.55. The van der Waals surface area contributed by atoms with Gasteiger partial charge in [0.25, 0.3) is 0 Å². The van der Waals surface area contributed by atoms with Crippen LogP contribution in [0.3, 0.4) is 0 Å². The summed E-state index contributed by atoms with van der Waals surface area (Å²) in [5, 5.41) is 3.27. The van der Waals surface area contributed by atoms with Gasteiger partial charge in [-0.3, -0.25) is 9.59 Å². The number of benzene rings is 1. The summed E-state index contributed by atoms with van der Waals surface area (Å²) in [7, 11) is 0. The zero-order chi connectivity index (χ0) is 15.2. The SMILES string of the molecule is CC(=O)N(CC(=O)Nc1ccccc1Cl)C1CCCCC1. The first kappa shape index (κ1) is 15.8. The van der Waals surface area contributed by atoms with Crippen molar-refractivity contribution >= 4 is 29.1 Å². The van der Waals surface area contributed by atoms with Gasteiger partial charge in [0.15, 0.2) is 0 Å². The number of anilines is 1. The Morgan fingerprint density at radius 2 is 1.90 bits per heavy atom. The van der Waals surface area contributed by atoms with E-state index in [0.29, 0.717) is 10.7 Å². The largest absolute Gasteiger partial charge is 0.331 e. The van der Waals surface area contributed by atoms with E-state index in [-0.39, 0.29) is 24.4 Å². The van der Waals surface area contributed by atoms with Gasteiger partial charge in [-0.25, -0.2) is 0 Å². The summed E-state index contributed by atoms with van der Waals surface area (Å²) in [5.41, 5.74) is 0.580. The van der Waals surface area contributed by atoms with Crippen molar-refractivity contribution in [2.45, 2.75) is 45.1 Å². The molecule has 1 N–H and O–H groups in total. The van der Waals surface area contributed by atoms with Crippen LogP contribution in [0.4, 0.5) is 5.69 Å². The molecule has 1 aromatic carbocycles. The molecule has 0 aliphatic heterocycles. The number of carbonyl (C=O) groups excluding carboxylic acids is 2. The summed E-state index contributed by atoms with van der Waals surface area (Å²) in [6, 6.07) is 7.28. The lowest BCUT2D eigenvalue weighted by Crippen LogP contribution is -2.44. The molecule has 1 aliphatic rings. The molecule has 0 unspecified atom stereocenters. The van der Waals surface area contributed by atoms with Gasteiger partial charge in [-0.15, -0.1) is 0 Å². The lowest BCUT2D eigenvalue weighted by atomic mass is 9.94. The second kappa shape index (κ2) is 7.46. The van der Waals surface area contributed by atoms with Gasteiger partial charge in [0.1, 0.15) is 6.54 Å². The second-order valence-corrected chi connectivity index (χ2v) is 5.87. The smallest absolute Gasteiger partial charge is 0.244 e. The first-order chi connectivity index (χ1) is 10.1. The fourth-order valence-electron chi connectivity index (χ4n) is 2.80. The van der Waals surface area contributed by atoms with E-state index in [2.05, 4.69) is 5.32 Å². The number of amides is 2. The minimum absolute atomic E-state index is 0.0452. The van der Waals surface area contributed by atoms with Crippen LogP contribution in [0, 0.1) is 0 Å². The summed E-state index contributed by atoms with van der Waals surface area (Å²) in [4.78, 5) is 25.7. The van der Waals surface area contributed by atoms with Gasteiger partial charge >= 0.3 is 0 Å². The number of hydrogen-bond acceptors (Lipinski definition) is 2. The molecule has 4 nitrogen and oxygen atoms in total. The Morgan fingerprint density at radius 3 is 2.52 bits per heavy atom. The molecule has 0 aromatic heterocycles. The third-order valence-corrected chi connectivity index (χ3v) is 4.21. The number of para-hydroxylation sites is 1. The topological polar surface area (TPSA) is 49.4 Å². The Morgan fingerprint density at radius 1 is 1.24 bits per heavy atom. The molecule has 0 atom stereocenters. The summed E-state index contributed by atoms with van der Waals surface area (Å²) >= 11 is 6.02. The van der Waals surface area contributed by atoms with Crippen LogP contribution in [0.5, 0.6) is 0 Å². The predicted molar refractivity (Wildman–Crippen MR) is 84.3 cm³/mol. The quantitative estimate of drug-likeness (QED) is 0.926. The van der Waals surface area contributed by atoms with Crippen molar-refractivity contribution in [1.29, 1.82) is 0 Å². The lowest BCUT2D eigenvalue weighted by Gasteiger charge is -2.33. The van der Waals surface area contributed by atoms with E-state index in [0.717, 1.165) is 25.7 Å². The highest BCUT2D eigenvalue weighted by atomic mass is 35.5. The maximum absolute atomic E-state index is 12.2. The van der Waals surface area contributed by atoms with Crippen molar-refractivity contribution in [3.8, 4) is 0 Å². The number of hydrogen-bond donors (Lipinski definition) is 1. The number of halogens is 1. The third-order valence-electron chi connectivity index (χ3n) is 3.88. The van der Waals surface area contributed by atoms with Crippen molar-refractivity contribution in [3.63, 3.8) is 0 Å². The molecular formula is C16H21ClN2O2. The molecule has 0 radical (unpaired) electrons. The highest BCUT2D eigenvalue weighted by Crippen LogP contribution is 2.23. The van der Waals surface area contributed by atoms with Crippen LogP contribution in [-0.2, 0) is 9.59 Å². The third kappa shape index (κ3) is 4.46. The molecule has 1 aliphatic carbocycles. The molecule has 5 heteroatoms. The highest BCUT2D eigenvalue weighted by Gasteiger charge is 2.25. The molecule has 0 bridgehead atoms. The van der Waals surface area contributed by atoms with Crippen LogP contribution >= 0.6 is 11.6 Å². The van der Waals surface area contributed by atoms with Gasteiger partial charge in [0.2, 0.25) is 11.8 Å². The standard InChI is InChI=1S/C16H21ClN2O2/c1-12(20)19(13-7-3-2-4-8-13)11-16(21)18-15-10-6-5-9-14(15)17/h5-6,9-10,13H,2-4,7-8,11H2,1H3,(H,18,21). The molecule has 114 valence electrons. The van der Waals surface area contributed by atoms with E-state index in [1.54, 1.807) is 17.0 Å². The molecule has 0 heterocycles. The number of nitrogens with zero attached hydrogens (tertiary/aromatic N) is 1. The lowest BCUT2D eigenvalue weighted by molar-refractivity contribution is -0.135. The molecule has 21 heavy (non-hydrogen) atoms. The molecule has 1 aromatic rings. The van der Waals surface area contributed by atoms with Crippen molar-refractivity contribution < 1.29 is 9.59 Å². The minimum atomic E-state index is -0.205. The predicted octanol–water partition coefficient (Wildman–Crippen LogP) is 3.46. The maximum atomic E-state index is 12.2. The van der Waals surface area contributed by atoms with Gasteiger partial charge in [-0.1, -0.05) is 43.0 Å². The van der Waals surface area contributed by atoms with Gasteiger partial charge in [-0.05, 0) is 25.0 Å². The van der Waals surface area contributed by atoms with E-state index in [1.165, 1.54) is 13.3 Å². The zero-order valence-corrected chi connectivity index (χ0v) is 13.0. The molecule has 2 rings (SSSR count). The van der Waals surface area contributed by atoms with E-state index in [9.17, 15) is 9.59 Å². The van der Waals surface area contributed by atoms with Crippen molar-refractivity contribution in [2.24, 2.45) is 0 Å². The fourth-order valence-corrected chi connectivity index (χ4v) is 2.98. The zero-order valence-electron chi connectivity index (χ0n) is 12.3. The first-order valence-corrected chi connectivity index (χ1v) is 7.77. The molecule has 2 amide bonds. The molecule has 1 saturated carbocycles. The Kier molecular flexibility index (Phi) is 5.62. The summed E-state index contributed by atoms with van der Waals surface area (Å²) in [6.45, 7) is 1.61. The number of carbonyl (C=O) groups is 2. The summed E-state index contributed by atoms with van der Waals surface area (Å²) in [6.07, 6.45) is 5.44. The maximum Gasteiger partial charge on any atom is 0.244 e. The van der Waals surface area contributed by atoms with Crippen LogP contribution in [0.1, 0.15) is 39.0 Å². The minimum Gasteiger partial charge on any atom is -0.331 e. The average Bonchev–Trinajstić information content (AvgIpc) is 2.48. The van der Waals surface area contributed by atoms with E-state index >= 15 is 0 Å². The average molecular weight is 309 g/mol. The normalized spacial score (nSPS) is 15.5. The van der Waals surface area contributed by atoms with Crippen LogP contribution < -0.4 is 5.32 Å². The summed E-state index contributed by atoms with van der Waals surface area (Å²) < 4.78 is 0. The fraction of sp³-hybridized carbons (Fsp3) is 0.500. The number of nitrogens with one attached hydrogen (secondary N) is 1. The van der Waals surface area contributed by atoms with Crippen molar-refractivity contribution in [3.05, 3.63) is 29.3 Å². The first-order valence-electron chi connectivity index (χ1n) is 7.39. The van der Waals surface area contributed by atoms with Crippen molar-refractivity contribution in [1.82, 2.24) is 4.90 Å². The number of rotatable bonds is 4. The molecular weight excluding hydrogens is 288 g/mol. The van der Waals surface area contributed by atoms with E-state index < -0.39 is 0 Å². The molecule has 1 fully saturated rings. The Balaban J connectivity index is 1.98. The Bertz CT molecular complexity index is 513. The van der Waals surface area contributed by atoms with E-state index in [4.69, 9.17) is 11.6 Å². The van der Waals surface area contributed by atoms with Crippen LogP contribution in [0.25, 0.3) is 0 Å².